The van der Waals surface area contributed by atoms with Gasteiger partial charge in [0, 0.05) is 49.3 Å². The van der Waals surface area contributed by atoms with Gasteiger partial charge in [-0.3, -0.25) is 9.80 Å². The average Bonchev–Trinajstić information content (AvgIpc) is 3.34. The SMILES string of the molecule is C1CN(C2CCNCC2)C2(C1)CNC2.C1CN(C2CCNCC2)C2(C1)CNC2. The topological polar surface area (TPSA) is 54.6 Å². The van der Waals surface area contributed by atoms with Crippen molar-refractivity contribution in [1.29, 1.82) is 0 Å². The molecule has 0 amide bonds. The number of rotatable bonds is 2. The van der Waals surface area contributed by atoms with Crippen molar-refractivity contribution in [3.05, 3.63) is 0 Å². The maximum atomic E-state index is 3.46. The summed E-state index contributed by atoms with van der Waals surface area (Å²) in [5.74, 6) is 0. The van der Waals surface area contributed by atoms with Crippen molar-refractivity contribution in [2.24, 2.45) is 0 Å². The van der Waals surface area contributed by atoms with Crippen molar-refractivity contribution < 1.29 is 0 Å². The lowest BCUT2D eigenvalue weighted by molar-refractivity contribution is 0.0281. The van der Waals surface area contributed by atoms with Crippen molar-refractivity contribution >= 4 is 0 Å². The molecule has 0 atom stereocenters. The first-order valence-corrected chi connectivity index (χ1v) is 12.2. The average molecular weight is 391 g/mol. The molecule has 6 aliphatic heterocycles. The molecule has 0 aromatic carbocycles. The van der Waals surface area contributed by atoms with E-state index < -0.39 is 0 Å². The van der Waals surface area contributed by atoms with Crippen molar-refractivity contribution in [1.82, 2.24) is 31.1 Å². The number of nitrogens with zero attached hydrogens (tertiary/aromatic N) is 2. The minimum atomic E-state index is 0.585. The monoisotopic (exact) mass is 390 g/mol. The normalized spacial score (nSPS) is 33.4. The summed E-state index contributed by atoms with van der Waals surface area (Å²) in [6.07, 6.45) is 11.2. The first-order valence-electron chi connectivity index (χ1n) is 12.2. The van der Waals surface area contributed by atoms with Gasteiger partial charge in [-0.05, 0) is 90.6 Å². The van der Waals surface area contributed by atoms with E-state index in [-0.39, 0.29) is 0 Å². The Morgan fingerprint density at radius 3 is 1.25 bits per heavy atom. The smallest absolute Gasteiger partial charge is 0.0461 e. The van der Waals surface area contributed by atoms with Crippen LogP contribution in [0.25, 0.3) is 0 Å². The summed E-state index contributed by atoms with van der Waals surface area (Å²) >= 11 is 0. The number of hydrogen-bond donors (Lipinski definition) is 4. The third-order valence-corrected chi connectivity index (χ3v) is 8.62. The van der Waals surface area contributed by atoms with Gasteiger partial charge >= 0.3 is 0 Å². The summed E-state index contributed by atoms with van der Waals surface area (Å²) < 4.78 is 0. The number of piperidine rings is 2. The second-order valence-electron chi connectivity index (χ2n) is 10.2. The summed E-state index contributed by atoms with van der Waals surface area (Å²) in [6, 6.07) is 1.75. The van der Waals surface area contributed by atoms with E-state index in [1.54, 1.807) is 0 Å². The molecule has 6 nitrogen and oxygen atoms in total. The molecule has 6 rings (SSSR count). The van der Waals surface area contributed by atoms with Crippen LogP contribution in [0.4, 0.5) is 0 Å². The zero-order chi connectivity index (χ0) is 18.9. The van der Waals surface area contributed by atoms with Crippen molar-refractivity contribution in [2.75, 3.05) is 65.4 Å². The standard InChI is InChI=1S/2C11H21N3/c2*1-4-11(8-13-9-11)14(7-1)10-2-5-12-6-3-10/h2*10,12-13H,1-9H2. The fraction of sp³-hybridized carbons (Fsp3) is 1.00. The second-order valence-corrected chi connectivity index (χ2v) is 10.2. The van der Waals surface area contributed by atoms with E-state index in [0.717, 1.165) is 12.1 Å². The second kappa shape index (κ2) is 8.48. The first kappa shape index (κ1) is 19.7. The lowest BCUT2D eigenvalue weighted by Crippen LogP contribution is -2.68. The van der Waals surface area contributed by atoms with Crippen LogP contribution in [0.1, 0.15) is 51.4 Å². The van der Waals surface area contributed by atoms with Crippen molar-refractivity contribution in [3.8, 4) is 0 Å². The largest absolute Gasteiger partial charge is 0.317 e. The summed E-state index contributed by atoms with van der Waals surface area (Å²) in [4.78, 5) is 5.65. The van der Waals surface area contributed by atoms with Gasteiger partial charge in [0.05, 0.1) is 0 Å². The number of likely N-dealkylation sites (tertiary alicyclic amines) is 2. The molecule has 6 heterocycles. The molecule has 0 aliphatic carbocycles. The van der Waals surface area contributed by atoms with Gasteiger partial charge < -0.3 is 21.3 Å². The van der Waals surface area contributed by atoms with Gasteiger partial charge in [-0.1, -0.05) is 0 Å². The van der Waals surface area contributed by atoms with Crippen LogP contribution in [-0.2, 0) is 0 Å². The molecule has 0 unspecified atom stereocenters. The fourth-order valence-corrected chi connectivity index (χ4v) is 6.88. The molecule has 0 aromatic rings. The molecule has 6 aliphatic rings. The Morgan fingerprint density at radius 1 is 0.536 bits per heavy atom. The molecule has 6 heteroatoms. The Kier molecular flexibility index (Phi) is 5.97. The third kappa shape index (κ3) is 3.65. The Bertz CT molecular complexity index is 459. The Labute approximate surface area is 171 Å². The highest BCUT2D eigenvalue weighted by atomic mass is 15.3. The van der Waals surface area contributed by atoms with Crippen LogP contribution < -0.4 is 21.3 Å². The third-order valence-electron chi connectivity index (χ3n) is 8.62. The Hall–Kier alpha value is -0.240. The van der Waals surface area contributed by atoms with Crippen molar-refractivity contribution in [2.45, 2.75) is 74.5 Å². The summed E-state index contributed by atoms with van der Waals surface area (Å²) in [7, 11) is 0. The minimum absolute atomic E-state index is 0.585. The van der Waals surface area contributed by atoms with Crippen LogP contribution in [0.5, 0.6) is 0 Å². The Balaban J connectivity index is 0.000000122. The fourth-order valence-electron chi connectivity index (χ4n) is 6.88. The molecule has 6 fully saturated rings. The van der Waals surface area contributed by atoms with Gasteiger partial charge in [-0.2, -0.15) is 0 Å². The Morgan fingerprint density at radius 2 is 0.929 bits per heavy atom. The van der Waals surface area contributed by atoms with E-state index >= 15 is 0 Å². The molecular weight excluding hydrogens is 348 g/mol. The first-order chi connectivity index (χ1) is 13.8. The van der Waals surface area contributed by atoms with E-state index in [1.807, 2.05) is 0 Å². The van der Waals surface area contributed by atoms with Crippen LogP contribution in [0.2, 0.25) is 0 Å². The van der Waals surface area contributed by atoms with Gasteiger partial charge in [0.2, 0.25) is 0 Å². The maximum absolute atomic E-state index is 3.46. The molecule has 2 spiro atoms. The predicted molar refractivity (Wildman–Crippen MR) is 115 cm³/mol. The van der Waals surface area contributed by atoms with Crippen LogP contribution in [-0.4, -0.2) is 98.4 Å². The highest BCUT2D eigenvalue weighted by Crippen LogP contribution is 2.37. The van der Waals surface area contributed by atoms with Crippen molar-refractivity contribution in [3.63, 3.8) is 0 Å². The van der Waals surface area contributed by atoms with Crippen LogP contribution in [0, 0.1) is 0 Å². The molecule has 160 valence electrons. The lowest BCUT2D eigenvalue weighted by Gasteiger charge is -2.50. The van der Waals surface area contributed by atoms with E-state index in [1.165, 1.54) is 117 Å². The van der Waals surface area contributed by atoms with Gasteiger partial charge in [0.15, 0.2) is 0 Å². The molecule has 4 N–H and O–H groups in total. The van der Waals surface area contributed by atoms with Gasteiger partial charge in [0.1, 0.15) is 0 Å². The summed E-state index contributed by atoms with van der Waals surface area (Å²) in [6.45, 7) is 12.6. The highest BCUT2D eigenvalue weighted by molar-refractivity contribution is 5.08. The van der Waals surface area contributed by atoms with E-state index in [4.69, 9.17) is 0 Å². The molecule has 0 aromatic heterocycles. The minimum Gasteiger partial charge on any atom is -0.317 e. The molecule has 6 saturated heterocycles. The number of nitrogens with one attached hydrogen (secondary N) is 4. The zero-order valence-corrected chi connectivity index (χ0v) is 17.8. The van der Waals surface area contributed by atoms with Crippen LogP contribution in [0.3, 0.4) is 0 Å². The zero-order valence-electron chi connectivity index (χ0n) is 17.8. The van der Waals surface area contributed by atoms with Crippen LogP contribution >= 0.6 is 0 Å². The molecule has 28 heavy (non-hydrogen) atoms. The highest BCUT2D eigenvalue weighted by Gasteiger charge is 2.49. The maximum Gasteiger partial charge on any atom is 0.0461 e. The van der Waals surface area contributed by atoms with E-state index in [2.05, 4.69) is 31.1 Å². The molecule has 0 saturated carbocycles. The molecular formula is C22H42N6. The molecule has 0 bridgehead atoms. The quantitative estimate of drug-likeness (QED) is 0.546. The van der Waals surface area contributed by atoms with E-state index in [9.17, 15) is 0 Å². The van der Waals surface area contributed by atoms with Gasteiger partial charge in [0.25, 0.3) is 0 Å². The molecule has 0 radical (unpaired) electrons. The van der Waals surface area contributed by atoms with Crippen LogP contribution in [0.15, 0.2) is 0 Å². The number of hydrogen-bond acceptors (Lipinski definition) is 6. The van der Waals surface area contributed by atoms with E-state index in [0.29, 0.717) is 11.1 Å². The van der Waals surface area contributed by atoms with Gasteiger partial charge in [-0.15, -0.1) is 0 Å². The predicted octanol–water partition coefficient (Wildman–Crippen LogP) is 0.352. The van der Waals surface area contributed by atoms with Gasteiger partial charge in [-0.25, -0.2) is 0 Å². The summed E-state index contributed by atoms with van der Waals surface area (Å²) in [5.41, 5.74) is 1.17. The summed E-state index contributed by atoms with van der Waals surface area (Å²) in [5, 5.41) is 13.8. The lowest BCUT2D eigenvalue weighted by atomic mass is 9.87.